The summed E-state index contributed by atoms with van der Waals surface area (Å²) < 4.78 is 4.92. The minimum Gasteiger partial charge on any atom is -0.403 e. The maximum absolute atomic E-state index is 12.2. The molecule has 2 heterocycles. The van der Waals surface area contributed by atoms with E-state index in [9.17, 15) is 4.79 Å². The predicted molar refractivity (Wildman–Crippen MR) is 109 cm³/mol. The molecule has 0 aliphatic rings. The van der Waals surface area contributed by atoms with Gasteiger partial charge in [-0.1, -0.05) is 17.3 Å². The number of rotatable bonds is 7. The summed E-state index contributed by atoms with van der Waals surface area (Å²) in [5, 5.41) is 16.6. The van der Waals surface area contributed by atoms with Crippen molar-refractivity contribution in [1.29, 1.82) is 5.41 Å². The molecule has 0 bridgehead atoms. The van der Waals surface area contributed by atoms with Crippen LogP contribution in [0.4, 0.5) is 5.95 Å². The summed E-state index contributed by atoms with van der Waals surface area (Å²) in [6, 6.07) is 7.67. The normalized spacial score (nSPS) is 11.2. The second-order valence-corrected chi connectivity index (χ2v) is 6.28. The molecule has 0 aliphatic carbocycles. The molecule has 0 saturated carbocycles. The number of amides is 1. The van der Waals surface area contributed by atoms with Gasteiger partial charge in [-0.25, -0.2) is 9.97 Å². The molecule has 0 fully saturated rings. The third-order valence-electron chi connectivity index (χ3n) is 4.32. The third-order valence-corrected chi connectivity index (χ3v) is 4.32. The van der Waals surface area contributed by atoms with Gasteiger partial charge in [0.1, 0.15) is 11.3 Å². The maximum Gasteiger partial charge on any atom is 0.256 e. The van der Waals surface area contributed by atoms with Crippen molar-refractivity contribution in [2.75, 3.05) is 5.32 Å². The van der Waals surface area contributed by atoms with Crippen LogP contribution in [-0.2, 0) is 6.54 Å². The molecule has 9 nitrogen and oxygen atoms in total. The van der Waals surface area contributed by atoms with E-state index in [2.05, 4.69) is 25.8 Å². The molecule has 3 rings (SSSR count). The van der Waals surface area contributed by atoms with Crippen LogP contribution in [0, 0.1) is 19.3 Å². The molecule has 1 aromatic carbocycles. The minimum atomic E-state index is -0.228. The molecule has 0 atom stereocenters. The summed E-state index contributed by atoms with van der Waals surface area (Å²) in [5.41, 5.74) is 9.89. The number of hydrogen-bond donors (Lipinski definition) is 4. The number of carbonyl (C=O) groups excluding carboxylic acids is 1. The molecule has 0 radical (unpaired) electrons. The number of aryl methyl sites for hydroxylation is 2. The van der Waals surface area contributed by atoms with Crippen LogP contribution in [0.25, 0.3) is 11.3 Å². The summed E-state index contributed by atoms with van der Waals surface area (Å²) >= 11 is 0. The van der Waals surface area contributed by atoms with E-state index in [0.717, 1.165) is 28.6 Å². The summed E-state index contributed by atoms with van der Waals surface area (Å²) in [7, 11) is 0. The smallest absolute Gasteiger partial charge is 0.256 e. The van der Waals surface area contributed by atoms with Gasteiger partial charge in [-0.3, -0.25) is 4.79 Å². The van der Waals surface area contributed by atoms with Crippen LogP contribution in [-0.4, -0.2) is 27.2 Å². The van der Waals surface area contributed by atoms with Gasteiger partial charge in [0.2, 0.25) is 5.95 Å². The lowest BCUT2D eigenvalue weighted by atomic mass is 10.0. The Hall–Kier alpha value is -4.01. The molecule has 1 amide bonds. The fourth-order valence-electron chi connectivity index (χ4n) is 2.68. The Bertz CT molecular complexity index is 1070. The Morgan fingerprint density at radius 3 is 2.79 bits per heavy atom. The Balaban J connectivity index is 1.73. The van der Waals surface area contributed by atoms with Crippen LogP contribution < -0.4 is 16.4 Å². The van der Waals surface area contributed by atoms with Gasteiger partial charge < -0.3 is 26.3 Å². The van der Waals surface area contributed by atoms with Crippen molar-refractivity contribution < 1.29 is 9.32 Å². The number of anilines is 1. The first-order valence-electron chi connectivity index (χ1n) is 8.83. The quantitative estimate of drug-likeness (QED) is 0.453. The van der Waals surface area contributed by atoms with Gasteiger partial charge in [0.25, 0.3) is 5.91 Å². The second-order valence-electron chi connectivity index (χ2n) is 6.28. The van der Waals surface area contributed by atoms with E-state index in [-0.39, 0.29) is 5.91 Å². The first-order valence-corrected chi connectivity index (χ1v) is 8.83. The standard InChI is InChI=1S/C20H21N7O2/c1-12-7-14(18-5-6-23-20(27-18)26-16(8-21)9-22)3-4-15(12)10-24-19(28)17-11-25-29-13(17)2/h3-9,11,21H,10,22H2,1-2H3,(H,24,28)(H,23,26,27)/b16-9+,21-8?. The van der Waals surface area contributed by atoms with Crippen molar-refractivity contribution in [3.05, 3.63) is 71.0 Å². The molecule has 0 spiro atoms. The van der Waals surface area contributed by atoms with Gasteiger partial charge in [0.15, 0.2) is 0 Å². The van der Waals surface area contributed by atoms with Gasteiger partial charge in [0.05, 0.1) is 17.6 Å². The number of nitrogens with two attached hydrogens (primary N) is 1. The van der Waals surface area contributed by atoms with Crippen molar-refractivity contribution in [3.63, 3.8) is 0 Å². The van der Waals surface area contributed by atoms with Crippen LogP contribution >= 0.6 is 0 Å². The number of aromatic nitrogens is 3. The number of nitrogens with zero attached hydrogens (tertiary/aromatic N) is 3. The fraction of sp³-hybridized carbons (Fsp3) is 0.150. The summed E-state index contributed by atoms with van der Waals surface area (Å²) in [5.74, 6) is 0.605. The largest absolute Gasteiger partial charge is 0.403 e. The number of allylic oxidation sites excluding steroid dienone is 1. The number of nitrogens with one attached hydrogen (secondary N) is 3. The summed E-state index contributed by atoms with van der Waals surface area (Å²) in [6.07, 6.45) is 5.40. The van der Waals surface area contributed by atoms with E-state index in [4.69, 9.17) is 15.7 Å². The maximum atomic E-state index is 12.2. The van der Waals surface area contributed by atoms with Gasteiger partial charge in [-0.2, -0.15) is 0 Å². The highest BCUT2D eigenvalue weighted by Crippen LogP contribution is 2.21. The third kappa shape index (κ3) is 4.64. The van der Waals surface area contributed by atoms with Gasteiger partial charge in [-0.15, -0.1) is 0 Å². The second kappa shape index (κ2) is 8.79. The lowest BCUT2D eigenvalue weighted by Crippen LogP contribution is -2.23. The highest BCUT2D eigenvalue weighted by molar-refractivity contribution is 5.94. The molecule has 0 saturated heterocycles. The average Bonchev–Trinajstić information content (AvgIpc) is 3.17. The van der Waals surface area contributed by atoms with E-state index in [1.165, 1.54) is 12.4 Å². The Morgan fingerprint density at radius 1 is 1.31 bits per heavy atom. The molecule has 9 heteroatoms. The molecule has 5 N–H and O–H groups in total. The van der Waals surface area contributed by atoms with E-state index in [1.807, 2.05) is 25.1 Å². The lowest BCUT2D eigenvalue weighted by molar-refractivity contribution is 0.0949. The predicted octanol–water partition coefficient (Wildman–Crippen LogP) is 2.54. The van der Waals surface area contributed by atoms with Gasteiger partial charge >= 0.3 is 0 Å². The molecular weight excluding hydrogens is 370 g/mol. The molecule has 2 aromatic heterocycles. The summed E-state index contributed by atoms with van der Waals surface area (Å²) in [6.45, 7) is 4.05. The van der Waals surface area contributed by atoms with Crippen LogP contribution in [0.2, 0.25) is 0 Å². The molecular formula is C20H21N7O2. The van der Waals surface area contributed by atoms with Crippen molar-refractivity contribution in [3.8, 4) is 11.3 Å². The summed E-state index contributed by atoms with van der Waals surface area (Å²) in [4.78, 5) is 20.8. The SMILES string of the molecule is Cc1cc(-c2ccnc(N/C(C=N)=C/N)n2)ccc1CNC(=O)c1cnoc1C. The molecule has 29 heavy (non-hydrogen) atoms. The number of carbonyl (C=O) groups is 1. The van der Waals surface area contributed by atoms with Crippen LogP contribution in [0.15, 0.2) is 53.1 Å². The fourth-order valence-corrected chi connectivity index (χ4v) is 2.68. The average molecular weight is 391 g/mol. The minimum absolute atomic E-state index is 0.228. The number of benzene rings is 1. The highest BCUT2D eigenvalue weighted by Gasteiger charge is 2.13. The number of hydrogen-bond acceptors (Lipinski definition) is 8. The molecule has 0 aliphatic heterocycles. The lowest BCUT2D eigenvalue weighted by Gasteiger charge is -2.10. The van der Waals surface area contributed by atoms with E-state index in [1.54, 1.807) is 19.2 Å². The van der Waals surface area contributed by atoms with Crippen molar-refractivity contribution in [2.45, 2.75) is 20.4 Å². The van der Waals surface area contributed by atoms with Crippen LogP contribution in [0.3, 0.4) is 0 Å². The monoisotopic (exact) mass is 391 g/mol. The van der Waals surface area contributed by atoms with Crippen LogP contribution in [0.1, 0.15) is 27.2 Å². The topological polar surface area (TPSA) is 143 Å². The zero-order valence-corrected chi connectivity index (χ0v) is 16.1. The van der Waals surface area contributed by atoms with Crippen molar-refractivity contribution in [2.24, 2.45) is 5.73 Å². The van der Waals surface area contributed by atoms with Gasteiger partial charge in [-0.05, 0) is 37.1 Å². The van der Waals surface area contributed by atoms with E-state index in [0.29, 0.717) is 29.5 Å². The van der Waals surface area contributed by atoms with Crippen molar-refractivity contribution in [1.82, 2.24) is 20.4 Å². The first kappa shape index (κ1) is 19.7. The zero-order valence-electron chi connectivity index (χ0n) is 16.1. The Labute approximate surface area is 167 Å². The van der Waals surface area contributed by atoms with Gasteiger partial charge in [0, 0.05) is 30.7 Å². The molecule has 3 aromatic rings. The molecule has 0 unspecified atom stereocenters. The van der Waals surface area contributed by atoms with Crippen LogP contribution in [0.5, 0.6) is 0 Å². The molecule has 148 valence electrons. The van der Waals surface area contributed by atoms with Crippen molar-refractivity contribution >= 4 is 18.1 Å². The van der Waals surface area contributed by atoms with E-state index >= 15 is 0 Å². The highest BCUT2D eigenvalue weighted by atomic mass is 16.5. The zero-order chi connectivity index (χ0) is 20.8. The Morgan fingerprint density at radius 2 is 2.14 bits per heavy atom. The van der Waals surface area contributed by atoms with E-state index < -0.39 is 0 Å². The Kier molecular flexibility index (Phi) is 5.98. The first-order chi connectivity index (χ1) is 14.0.